The molecule has 3 rings (SSSR count). The molecule has 18 heavy (non-hydrogen) atoms. The summed E-state index contributed by atoms with van der Waals surface area (Å²) in [5.74, 6) is -0.293. The molecule has 0 spiro atoms. The topological polar surface area (TPSA) is 20.2 Å². The van der Waals surface area contributed by atoms with Gasteiger partial charge in [0.05, 0.1) is 6.10 Å². The fraction of sp³-hybridized carbons (Fsp3) is 0.143. The number of halogens is 2. The molecule has 1 aliphatic rings. The van der Waals surface area contributed by atoms with Gasteiger partial charge in [-0.1, -0.05) is 35.5 Å². The summed E-state index contributed by atoms with van der Waals surface area (Å²) in [6.07, 6.45) is -0.0754. The zero-order valence-corrected chi connectivity index (χ0v) is 10.9. The van der Waals surface area contributed by atoms with E-state index in [2.05, 4.69) is 0 Å². The van der Waals surface area contributed by atoms with Crippen LogP contribution in [0.25, 0.3) is 0 Å². The van der Waals surface area contributed by atoms with Crippen molar-refractivity contribution >= 4 is 23.4 Å². The van der Waals surface area contributed by atoms with Gasteiger partial charge in [0, 0.05) is 21.2 Å². The first-order chi connectivity index (χ1) is 8.63. The lowest BCUT2D eigenvalue weighted by Gasteiger charge is -2.10. The third-order valence-electron chi connectivity index (χ3n) is 3.00. The summed E-state index contributed by atoms with van der Waals surface area (Å²) < 4.78 is 13.3. The molecule has 0 aromatic heterocycles. The average Bonchev–Trinajstić information content (AvgIpc) is 2.44. The molecule has 1 atom stereocenters. The molecule has 1 heterocycles. The first-order valence-electron chi connectivity index (χ1n) is 5.57. The maximum atomic E-state index is 13.3. The third-order valence-corrected chi connectivity index (χ3v) is 4.41. The first-order valence-corrected chi connectivity index (χ1v) is 6.77. The quantitative estimate of drug-likeness (QED) is 0.780. The van der Waals surface area contributed by atoms with Gasteiger partial charge < -0.3 is 5.11 Å². The van der Waals surface area contributed by atoms with Crippen molar-refractivity contribution in [2.24, 2.45) is 0 Å². The van der Waals surface area contributed by atoms with Crippen molar-refractivity contribution in [2.45, 2.75) is 22.3 Å². The fourth-order valence-electron chi connectivity index (χ4n) is 2.10. The molecule has 4 heteroatoms. The summed E-state index contributed by atoms with van der Waals surface area (Å²) >= 11 is 7.43. The molecule has 0 aliphatic carbocycles. The Balaban J connectivity index is 2.15. The molecule has 2 aromatic carbocycles. The summed E-state index contributed by atoms with van der Waals surface area (Å²) in [5, 5.41) is 10.8. The highest BCUT2D eigenvalue weighted by Gasteiger charge is 2.21. The van der Waals surface area contributed by atoms with Crippen LogP contribution in [0.5, 0.6) is 0 Å². The number of aliphatic hydroxyl groups is 1. The Morgan fingerprint density at radius 1 is 1.17 bits per heavy atom. The highest BCUT2D eigenvalue weighted by atomic mass is 35.5. The van der Waals surface area contributed by atoms with Crippen molar-refractivity contribution in [3.05, 3.63) is 58.4 Å². The SMILES string of the molecule is OC1Cc2ccc(Cl)cc2Sc2cc(F)ccc21. The number of benzene rings is 2. The highest BCUT2D eigenvalue weighted by molar-refractivity contribution is 7.99. The van der Waals surface area contributed by atoms with Gasteiger partial charge in [0.15, 0.2) is 0 Å². The van der Waals surface area contributed by atoms with Crippen molar-refractivity contribution in [3.8, 4) is 0 Å². The second-order valence-corrected chi connectivity index (χ2v) is 5.78. The van der Waals surface area contributed by atoms with Crippen LogP contribution in [0.1, 0.15) is 17.2 Å². The van der Waals surface area contributed by atoms with Gasteiger partial charge in [-0.15, -0.1) is 0 Å². The minimum Gasteiger partial charge on any atom is -0.388 e. The van der Waals surface area contributed by atoms with Crippen LogP contribution in [0.2, 0.25) is 5.02 Å². The van der Waals surface area contributed by atoms with Gasteiger partial charge in [0.1, 0.15) is 5.82 Å². The third kappa shape index (κ3) is 2.14. The maximum Gasteiger partial charge on any atom is 0.124 e. The van der Waals surface area contributed by atoms with Gasteiger partial charge in [-0.2, -0.15) is 0 Å². The molecule has 0 radical (unpaired) electrons. The first kappa shape index (κ1) is 12.0. The Morgan fingerprint density at radius 2 is 2.00 bits per heavy atom. The van der Waals surface area contributed by atoms with Gasteiger partial charge in [-0.3, -0.25) is 0 Å². The molecule has 0 amide bonds. The Hall–Kier alpha value is -1.03. The zero-order chi connectivity index (χ0) is 12.7. The largest absolute Gasteiger partial charge is 0.388 e. The smallest absolute Gasteiger partial charge is 0.124 e. The maximum absolute atomic E-state index is 13.3. The Kier molecular flexibility index (Phi) is 3.06. The van der Waals surface area contributed by atoms with Crippen LogP contribution in [-0.4, -0.2) is 5.11 Å². The lowest BCUT2D eigenvalue weighted by Crippen LogP contribution is -2.01. The van der Waals surface area contributed by atoms with Crippen LogP contribution in [0.4, 0.5) is 4.39 Å². The van der Waals surface area contributed by atoms with Crippen LogP contribution in [0.15, 0.2) is 46.2 Å². The molecule has 92 valence electrons. The number of aliphatic hydroxyl groups excluding tert-OH is 1. The Morgan fingerprint density at radius 3 is 2.83 bits per heavy atom. The van der Waals surface area contributed by atoms with E-state index in [1.165, 1.54) is 23.9 Å². The molecule has 0 fully saturated rings. The standard InChI is InChI=1S/C14H10ClFOS/c15-9-2-1-8-5-12(17)11-4-3-10(16)7-14(11)18-13(8)6-9/h1-4,6-7,12,17H,5H2. The molecular weight excluding hydrogens is 271 g/mol. The Labute approximate surface area is 114 Å². The number of fused-ring (bicyclic) bond motifs is 2. The number of hydrogen-bond acceptors (Lipinski definition) is 2. The van der Waals surface area contributed by atoms with Crippen molar-refractivity contribution in [3.63, 3.8) is 0 Å². The second-order valence-electron chi connectivity index (χ2n) is 4.26. The summed E-state index contributed by atoms with van der Waals surface area (Å²) in [6, 6.07) is 10.1. The molecule has 1 unspecified atom stereocenters. The van der Waals surface area contributed by atoms with Gasteiger partial charge in [0.25, 0.3) is 0 Å². The molecule has 0 saturated carbocycles. The van der Waals surface area contributed by atoms with E-state index in [-0.39, 0.29) is 5.82 Å². The van der Waals surface area contributed by atoms with E-state index >= 15 is 0 Å². The van der Waals surface area contributed by atoms with E-state index in [9.17, 15) is 9.50 Å². The van der Waals surface area contributed by atoms with Crippen molar-refractivity contribution in [2.75, 3.05) is 0 Å². The number of hydrogen-bond donors (Lipinski definition) is 1. The summed E-state index contributed by atoms with van der Waals surface area (Å²) in [5.41, 5.74) is 1.81. The predicted molar refractivity (Wildman–Crippen MR) is 70.6 cm³/mol. The Bertz CT molecular complexity index is 615. The van der Waals surface area contributed by atoms with Gasteiger partial charge >= 0.3 is 0 Å². The lowest BCUT2D eigenvalue weighted by atomic mass is 10.0. The molecule has 1 nitrogen and oxygen atoms in total. The molecular formula is C14H10ClFOS. The van der Waals surface area contributed by atoms with Crippen LogP contribution in [-0.2, 0) is 6.42 Å². The summed E-state index contributed by atoms with van der Waals surface area (Å²) in [6.45, 7) is 0. The molecule has 2 aromatic rings. The van der Waals surface area contributed by atoms with Crippen LogP contribution in [0.3, 0.4) is 0 Å². The van der Waals surface area contributed by atoms with Gasteiger partial charge in [-0.25, -0.2) is 4.39 Å². The van der Waals surface area contributed by atoms with Gasteiger partial charge in [-0.05, 0) is 35.4 Å². The van der Waals surface area contributed by atoms with E-state index in [0.717, 1.165) is 20.9 Å². The molecule has 0 saturated heterocycles. The van der Waals surface area contributed by atoms with Crippen molar-refractivity contribution in [1.82, 2.24) is 0 Å². The van der Waals surface area contributed by atoms with Crippen LogP contribution < -0.4 is 0 Å². The summed E-state index contributed by atoms with van der Waals surface area (Å²) in [4.78, 5) is 1.73. The van der Waals surface area contributed by atoms with Crippen molar-refractivity contribution < 1.29 is 9.50 Å². The van der Waals surface area contributed by atoms with Crippen LogP contribution in [0, 0.1) is 5.82 Å². The molecule has 1 N–H and O–H groups in total. The fourth-order valence-corrected chi connectivity index (χ4v) is 3.54. The van der Waals surface area contributed by atoms with E-state index in [1.807, 2.05) is 18.2 Å². The van der Waals surface area contributed by atoms with Crippen molar-refractivity contribution in [1.29, 1.82) is 0 Å². The monoisotopic (exact) mass is 280 g/mol. The zero-order valence-electron chi connectivity index (χ0n) is 9.36. The minimum atomic E-state index is -0.601. The number of rotatable bonds is 0. The van der Waals surface area contributed by atoms with Crippen LogP contribution >= 0.6 is 23.4 Å². The lowest BCUT2D eigenvalue weighted by molar-refractivity contribution is 0.175. The van der Waals surface area contributed by atoms with E-state index in [0.29, 0.717) is 11.4 Å². The van der Waals surface area contributed by atoms with E-state index < -0.39 is 6.10 Å². The molecule has 1 aliphatic heterocycles. The summed E-state index contributed by atoms with van der Waals surface area (Å²) in [7, 11) is 0. The second kappa shape index (κ2) is 4.57. The minimum absolute atomic E-state index is 0.293. The normalized spacial score (nSPS) is 17.8. The average molecular weight is 281 g/mol. The van der Waals surface area contributed by atoms with E-state index in [1.54, 1.807) is 6.07 Å². The molecule has 0 bridgehead atoms. The highest BCUT2D eigenvalue weighted by Crippen LogP contribution is 2.41. The van der Waals surface area contributed by atoms with E-state index in [4.69, 9.17) is 11.6 Å². The predicted octanol–water partition coefficient (Wildman–Crippen LogP) is 4.22. The van der Waals surface area contributed by atoms with Gasteiger partial charge in [0.2, 0.25) is 0 Å².